The van der Waals surface area contributed by atoms with Gasteiger partial charge in [-0.2, -0.15) is 0 Å². The van der Waals surface area contributed by atoms with Crippen molar-refractivity contribution < 1.29 is 9.59 Å². The van der Waals surface area contributed by atoms with E-state index in [1.165, 1.54) is 13.8 Å². The van der Waals surface area contributed by atoms with E-state index in [1.807, 2.05) is 13.8 Å². The number of hydrogen-bond donors (Lipinski definition) is 0. The van der Waals surface area contributed by atoms with E-state index >= 15 is 0 Å². The van der Waals surface area contributed by atoms with Gasteiger partial charge in [0.1, 0.15) is 0 Å². The van der Waals surface area contributed by atoms with Gasteiger partial charge in [-0.25, -0.2) is 0 Å². The summed E-state index contributed by atoms with van der Waals surface area (Å²) in [7, 11) is 0. The van der Waals surface area contributed by atoms with Crippen LogP contribution in [0.4, 0.5) is 0 Å². The Bertz CT molecular complexity index is 294. The highest BCUT2D eigenvalue weighted by Gasteiger charge is 2.18. The molecule has 0 fully saturated rings. The summed E-state index contributed by atoms with van der Waals surface area (Å²) < 4.78 is 0. The Morgan fingerprint density at radius 2 is 1.22 bits per heavy atom. The summed E-state index contributed by atoms with van der Waals surface area (Å²) in [5.74, 6) is -0.0328. The third-order valence-electron chi connectivity index (χ3n) is 3.07. The molecule has 2 amide bonds. The van der Waals surface area contributed by atoms with E-state index in [0.29, 0.717) is 0 Å². The fourth-order valence-corrected chi connectivity index (χ4v) is 2.00. The van der Waals surface area contributed by atoms with Gasteiger partial charge >= 0.3 is 0 Å². The second-order valence-electron chi connectivity index (χ2n) is 4.49. The maximum atomic E-state index is 11.3. The lowest BCUT2D eigenvalue weighted by Crippen LogP contribution is -2.36. The fourth-order valence-electron chi connectivity index (χ4n) is 2.00. The summed E-state index contributed by atoms with van der Waals surface area (Å²) in [5, 5.41) is 0. The molecule has 2 unspecified atom stereocenters. The second-order valence-corrected chi connectivity index (χ2v) is 4.49. The van der Waals surface area contributed by atoms with E-state index < -0.39 is 0 Å². The molecule has 0 aliphatic rings. The van der Waals surface area contributed by atoms with Gasteiger partial charge in [0.05, 0.1) is 0 Å². The molecule has 4 heteroatoms. The molecule has 0 aliphatic heterocycles. The first kappa shape index (κ1) is 16.4. The number of amides is 2. The number of nitrogens with zero attached hydrogens (tertiary/aromatic N) is 2. The normalized spacial score (nSPS) is 13.3. The zero-order valence-corrected chi connectivity index (χ0v) is 11.8. The van der Waals surface area contributed by atoms with Gasteiger partial charge in [-0.1, -0.05) is 13.2 Å². The summed E-state index contributed by atoms with van der Waals surface area (Å²) in [6.45, 7) is 14.3. The summed E-state index contributed by atoms with van der Waals surface area (Å²) in [4.78, 5) is 25.9. The van der Waals surface area contributed by atoms with Crippen LogP contribution >= 0.6 is 0 Å². The highest BCUT2D eigenvalue weighted by atomic mass is 16.2. The number of rotatable bonds is 7. The third kappa shape index (κ3) is 4.73. The minimum absolute atomic E-state index is 0.0164. The lowest BCUT2D eigenvalue weighted by Gasteiger charge is -2.28. The standard InChI is InChI=1S/C14H24N2O2/c1-7-15(13(5)17)11(3)9-10-12(4)16(8-2)14(6)18/h7-8,11-12H,1-2,9-10H2,3-6H3. The van der Waals surface area contributed by atoms with Crippen LogP contribution in [0.15, 0.2) is 25.6 Å². The first-order chi connectivity index (χ1) is 8.34. The molecule has 2 atom stereocenters. The molecule has 0 spiro atoms. The molecule has 0 N–H and O–H groups in total. The molecular weight excluding hydrogens is 228 g/mol. The van der Waals surface area contributed by atoms with Crippen LogP contribution < -0.4 is 0 Å². The van der Waals surface area contributed by atoms with Crippen molar-refractivity contribution in [1.29, 1.82) is 0 Å². The summed E-state index contributed by atoms with van der Waals surface area (Å²) in [5.41, 5.74) is 0. The van der Waals surface area contributed by atoms with Crippen molar-refractivity contribution in [2.24, 2.45) is 0 Å². The molecule has 18 heavy (non-hydrogen) atoms. The van der Waals surface area contributed by atoms with Crippen molar-refractivity contribution in [3.05, 3.63) is 25.6 Å². The molecule has 0 aromatic rings. The average molecular weight is 252 g/mol. The lowest BCUT2D eigenvalue weighted by molar-refractivity contribution is -0.129. The summed E-state index contributed by atoms with van der Waals surface area (Å²) >= 11 is 0. The summed E-state index contributed by atoms with van der Waals surface area (Å²) in [6, 6.07) is 0.169. The maximum Gasteiger partial charge on any atom is 0.223 e. The Kier molecular flexibility index (Phi) is 7.01. The smallest absolute Gasteiger partial charge is 0.223 e. The molecule has 0 heterocycles. The van der Waals surface area contributed by atoms with Gasteiger partial charge in [-0.05, 0) is 39.1 Å². The van der Waals surface area contributed by atoms with E-state index in [0.717, 1.165) is 12.8 Å². The van der Waals surface area contributed by atoms with E-state index in [4.69, 9.17) is 0 Å². The minimum atomic E-state index is -0.0164. The summed E-state index contributed by atoms with van der Waals surface area (Å²) in [6.07, 6.45) is 4.72. The predicted molar refractivity (Wildman–Crippen MR) is 73.6 cm³/mol. The Balaban J connectivity index is 4.39. The van der Waals surface area contributed by atoms with Gasteiger partial charge in [0.15, 0.2) is 0 Å². The van der Waals surface area contributed by atoms with Crippen LogP contribution in [-0.4, -0.2) is 33.7 Å². The van der Waals surface area contributed by atoms with Gasteiger partial charge in [-0.3, -0.25) is 9.59 Å². The monoisotopic (exact) mass is 252 g/mol. The molecule has 0 aromatic heterocycles. The van der Waals surface area contributed by atoms with Crippen LogP contribution in [0.25, 0.3) is 0 Å². The van der Waals surface area contributed by atoms with E-state index in [1.54, 1.807) is 22.2 Å². The molecule has 0 bridgehead atoms. The van der Waals surface area contributed by atoms with Crippen molar-refractivity contribution in [3.8, 4) is 0 Å². The van der Waals surface area contributed by atoms with Gasteiger partial charge in [0.25, 0.3) is 0 Å². The Labute approximate surface area is 110 Å². The van der Waals surface area contributed by atoms with Crippen LogP contribution in [0.5, 0.6) is 0 Å². The second kappa shape index (κ2) is 7.69. The Hall–Kier alpha value is -1.58. The number of hydrogen-bond acceptors (Lipinski definition) is 2. The van der Waals surface area contributed by atoms with Gasteiger partial charge in [0.2, 0.25) is 11.8 Å². The number of carbonyl (C=O) groups is 2. The molecule has 4 nitrogen and oxygen atoms in total. The van der Waals surface area contributed by atoms with Crippen LogP contribution in [-0.2, 0) is 9.59 Å². The molecule has 0 aliphatic carbocycles. The van der Waals surface area contributed by atoms with Crippen molar-refractivity contribution in [3.63, 3.8) is 0 Å². The van der Waals surface area contributed by atoms with E-state index in [2.05, 4.69) is 13.2 Å². The van der Waals surface area contributed by atoms with Gasteiger partial charge in [0, 0.05) is 25.9 Å². The molecule has 0 aromatic carbocycles. The topological polar surface area (TPSA) is 40.6 Å². The fraction of sp³-hybridized carbons (Fsp3) is 0.571. The molecule has 0 saturated heterocycles. The van der Waals surface area contributed by atoms with Crippen LogP contribution in [0.3, 0.4) is 0 Å². The Morgan fingerprint density at radius 3 is 1.39 bits per heavy atom. The first-order valence-corrected chi connectivity index (χ1v) is 6.18. The Morgan fingerprint density at radius 1 is 0.944 bits per heavy atom. The van der Waals surface area contributed by atoms with E-state index in [9.17, 15) is 9.59 Å². The zero-order valence-electron chi connectivity index (χ0n) is 11.8. The van der Waals surface area contributed by atoms with Crippen LogP contribution in [0.2, 0.25) is 0 Å². The average Bonchev–Trinajstić information content (AvgIpc) is 2.27. The largest absolute Gasteiger partial charge is 0.317 e. The SMILES string of the molecule is C=CN(C(C)=O)C(C)CCC(C)N(C=C)C(C)=O. The van der Waals surface area contributed by atoms with Crippen molar-refractivity contribution in [1.82, 2.24) is 9.80 Å². The van der Waals surface area contributed by atoms with Crippen LogP contribution in [0.1, 0.15) is 40.5 Å². The predicted octanol–water partition coefficient (Wildman–Crippen LogP) is 2.53. The highest BCUT2D eigenvalue weighted by Crippen LogP contribution is 2.13. The third-order valence-corrected chi connectivity index (χ3v) is 3.07. The quantitative estimate of drug-likeness (QED) is 0.698. The first-order valence-electron chi connectivity index (χ1n) is 6.18. The van der Waals surface area contributed by atoms with Crippen LogP contribution in [0, 0.1) is 0 Å². The highest BCUT2D eigenvalue weighted by molar-refractivity contribution is 5.75. The molecular formula is C14H24N2O2. The molecule has 0 saturated carbocycles. The zero-order chi connectivity index (χ0) is 14.3. The minimum Gasteiger partial charge on any atom is -0.317 e. The van der Waals surface area contributed by atoms with Crippen molar-refractivity contribution >= 4 is 11.8 Å². The van der Waals surface area contributed by atoms with Gasteiger partial charge < -0.3 is 9.80 Å². The van der Waals surface area contributed by atoms with Crippen molar-refractivity contribution in [2.75, 3.05) is 0 Å². The van der Waals surface area contributed by atoms with E-state index in [-0.39, 0.29) is 23.9 Å². The lowest BCUT2D eigenvalue weighted by atomic mass is 10.1. The molecule has 0 rings (SSSR count). The molecule has 0 radical (unpaired) electrons. The molecule has 102 valence electrons. The maximum absolute atomic E-state index is 11.3. The number of carbonyl (C=O) groups excluding carboxylic acids is 2. The van der Waals surface area contributed by atoms with Crippen molar-refractivity contribution in [2.45, 2.75) is 52.6 Å². The van der Waals surface area contributed by atoms with Gasteiger partial charge in [-0.15, -0.1) is 0 Å².